The quantitative estimate of drug-likeness (QED) is 0.448. The molecule has 0 aliphatic carbocycles. The SMILES string of the molecule is C=N/C(CCOC)=C(/C)OC. The van der Waals surface area contributed by atoms with Gasteiger partial charge < -0.3 is 9.47 Å². The molecule has 0 aromatic heterocycles. The van der Waals surface area contributed by atoms with Gasteiger partial charge in [-0.05, 0) is 13.6 Å². The van der Waals surface area contributed by atoms with E-state index in [4.69, 9.17) is 9.47 Å². The molecule has 0 radical (unpaired) electrons. The summed E-state index contributed by atoms with van der Waals surface area (Å²) >= 11 is 0. The summed E-state index contributed by atoms with van der Waals surface area (Å²) in [5, 5.41) is 0. The molecular weight excluding hydrogens is 142 g/mol. The number of aliphatic imine (C=N–C) groups is 1. The summed E-state index contributed by atoms with van der Waals surface area (Å²) < 4.78 is 9.88. The maximum absolute atomic E-state index is 4.99. The molecule has 3 heteroatoms. The van der Waals surface area contributed by atoms with Gasteiger partial charge in [0.2, 0.25) is 0 Å². The van der Waals surface area contributed by atoms with E-state index in [0.29, 0.717) is 6.61 Å². The fourth-order valence-electron chi connectivity index (χ4n) is 0.683. The maximum Gasteiger partial charge on any atom is 0.114 e. The van der Waals surface area contributed by atoms with Gasteiger partial charge in [0, 0.05) is 13.5 Å². The predicted molar refractivity (Wildman–Crippen MR) is 45.8 cm³/mol. The van der Waals surface area contributed by atoms with Crippen molar-refractivity contribution in [1.82, 2.24) is 0 Å². The number of rotatable bonds is 5. The number of allylic oxidation sites excluding steroid dienone is 1. The monoisotopic (exact) mass is 157 g/mol. The summed E-state index contributed by atoms with van der Waals surface area (Å²) in [5.74, 6) is 0.803. The molecule has 0 saturated carbocycles. The molecule has 0 aromatic carbocycles. The van der Waals surface area contributed by atoms with E-state index in [0.717, 1.165) is 17.9 Å². The first kappa shape index (κ1) is 10.2. The highest BCUT2D eigenvalue weighted by molar-refractivity contribution is 5.29. The van der Waals surface area contributed by atoms with Gasteiger partial charge in [-0.1, -0.05) is 0 Å². The van der Waals surface area contributed by atoms with Crippen LogP contribution in [0.1, 0.15) is 13.3 Å². The van der Waals surface area contributed by atoms with Crippen molar-refractivity contribution < 1.29 is 9.47 Å². The first-order valence-electron chi connectivity index (χ1n) is 3.45. The Balaban J connectivity index is 4.03. The van der Waals surface area contributed by atoms with Crippen molar-refractivity contribution in [3.8, 4) is 0 Å². The molecule has 0 saturated heterocycles. The molecule has 0 N–H and O–H groups in total. The van der Waals surface area contributed by atoms with Gasteiger partial charge in [0.15, 0.2) is 0 Å². The van der Waals surface area contributed by atoms with Gasteiger partial charge in [0.1, 0.15) is 5.76 Å². The van der Waals surface area contributed by atoms with E-state index in [-0.39, 0.29) is 0 Å². The van der Waals surface area contributed by atoms with Crippen LogP contribution in [0.25, 0.3) is 0 Å². The van der Waals surface area contributed by atoms with Crippen LogP contribution in [0.3, 0.4) is 0 Å². The second-order valence-electron chi connectivity index (χ2n) is 2.11. The third-order valence-electron chi connectivity index (χ3n) is 1.45. The lowest BCUT2D eigenvalue weighted by atomic mass is 10.3. The van der Waals surface area contributed by atoms with Crippen molar-refractivity contribution in [3.05, 3.63) is 11.5 Å². The van der Waals surface area contributed by atoms with E-state index < -0.39 is 0 Å². The Bertz CT molecular complexity index is 152. The molecule has 64 valence electrons. The molecule has 0 aromatic rings. The number of hydrogen-bond acceptors (Lipinski definition) is 3. The largest absolute Gasteiger partial charge is 0.500 e. The first-order valence-corrected chi connectivity index (χ1v) is 3.45. The van der Waals surface area contributed by atoms with Crippen molar-refractivity contribution in [2.75, 3.05) is 20.8 Å². The summed E-state index contributed by atoms with van der Waals surface area (Å²) in [4.78, 5) is 3.82. The van der Waals surface area contributed by atoms with Gasteiger partial charge >= 0.3 is 0 Å². The summed E-state index contributed by atoms with van der Waals surface area (Å²) in [6.07, 6.45) is 0.750. The van der Waals surface area contributed by atoms with Crippen LogP contribution in [0.15, 0.2) is 16.4 Å². The Labute approximate surface area is 67.7 Å². The van der Waals surface area contributed by atoms with Crippen molar-refractivity contribution in [3.63, 3.8) is 0 Å². The molecule has 0 fully saturated rings. The van der Waals surface area contributed by atoms with Crippen LogP contribution in [-0.2, 0) is 9.47 Å². The van der Waals surface area contributed by atoms with E-state index in [1.807, 2.05) is 6.92 Å². The fourth-order valence-corrected chi connectivity index (χ4v) is 0.683. The third kappa shape index (κ3) is 3.78. The summed E-state index contributed by atoms with van der Waals surface area (Å²) in [5.41, 5.74) is 0.856. The van der Waals surface area contributed by atoms with Crippen LogP contribution >= 0.6 is 0 Å². The standard InChI is InChI=1S/C8H15NO2/c1-7(11-4)8(9-2)5-6-10-3/h2,5-6H2,1,3-4H3/b8-7-. The number of nitrogens with zero attached hydrogens (tertiary/aromatic N) is 1. The van der Waals surface area contributed by atoms with Gasteiger partial charge in [-0.25, -0.2) is 0 Å². The first-order chi connectivity index (χ1) is 5.26. The Morgan fingerprint density at radius 3 is 2.45 bits per heavy atom. The van der Waals surface area contributed by atoms with Crippen LogP contribution in [0.4, 0.5) is 0 Å². The molecule has 0 rings (SSSR count). The molecule has 0 heterocycles. The van der Waals surface area contributed by atoms with Crippen LogP contribution in [0, 0.1) is 0 Å². The Hall–Kier alpha value is -0.830. The van der Waals surface area contributed by atoms with Crippen molar-refractivity contribution in [2.45, 2.75) is 13.3 Å². The van der Waals surface area contributed by atoms with E-state index in [1.165, 1.54) is 0 Å². The van der Waals surface area contributed by atoms with Crippen molar-refractivity contribution in [2.24, 2.45) is 4.99 Å². The second-order valence-corrected chi connectivity index (χ2v) is 2.11. The highest BCUT2D eigenvalue weighted by Gasteiger charge is 1.98. The molecule has 0 unspecified atom stereocenters. The van der Waals surface area contributed by atoms with Crippen LogP contribution < -0.4 is 0 Å². The average molecular weight is 157 g/mol. The van der Waals surface area contributed by atoms with Gasteiger partial charge in [-0.3, -0.25) is 4.99 Å². The summed E-state index contributed by atoms with van der Waals surface area (Å²) in [6, 6.07) is 0. The van der Waals surface area contributed by atoms with Gasteiger partial charge in [-0.15, -0.1) is 0 Å². The normalized spacial score (nSPS) is 12.3. The Kier molecular flexibility index (Phi) is 5.47. The highest BCUT2D eigenvalue weighted by atomic mass is 16.5. The lowest BCUT2D eigenvalue weighted by Crippen LogP contribution is -1.94. The zero-order chi connectivity index (χ0) is 8.69. The van der Waals surface area contributed by atoms with Crippen molar-refractivity contribution >= 4 is 6.72 Å². The minimum absolute atomic E-state index is 0.648. The minimum Gasteiger partial charge on any atom is -0.500 e. The second kappa shape index (κ2) is 5.92. The molecular formula is C8H15NO2. The van der Waals surface area contributed by atoms with Crippen LogP contribution in [0.5, 0.6) is 0 Å². The molecule has 3 nitrogen and oxygen atoms in total. The fraction of sp³-hybridized carbons (Fsp3) is 0.625. The van der Waals surface area contributed by atoms with E-state index in [1.54, 1.807) is 14.2 Å². The van der Waals surface area contributed by atoms with Gasteiger partial charge in [-0.2, -0.15) is 0 Å². The third-order valence-corrected chi connectivity index (χ3v) is 1.45. The highest BCUT2D eigenvalue weighted by Crippen LogP contribution is 2.09. The summed E-state index contributed by atoms with van der Waals surface area (Å²) in [6.45, 7) is 5.95. The Morgan fingerprint density at radius 2 is 2.09 bits per heavy atom. The lowest BCUT2D eigenvalue weighted by Gasteiger charge is -2.04. The van der Waals surface area contributed by atoms with E-state index in [9.17, 15) is 0 Å². The van der Waals surface area contributed by atoms with Gasteiger partial charge in [0.05, 0.1) is 19.4 Å². The minimum atomic E-state index is 0.648. The van der Waals surface area contributed by atoms with Crippen LogP contribution in [-0.4, -0.2) is 27.5 Å². The summed E-state index contributed by atoms with van der Waals surface area (Å²) in [7, 11) is 3.27. The molecule has 0 spiro atoms. The number of ether oxygens (including phenoxy) is 2. The van der Waals surface area contributed by atoms with E-state index >= 15 is 0 Å². The zero-order valence-electron chi connectivity index (χ0n) is 7.39. The van der Waals surface area contributed by atoms with Crippen LogP contribution in [0.2, 0.25) is 0 Å². The molecule has 0 amide bonds. The smallest absolute Gasteiger partial charge is 0.114 e. The van der Waals surface area contributed by atoms with E-state index in [2.05, 4.69) is 11.7 Å². The number of hydrogen-bond donors (Lipinski definition) is 0. The zero-order valence-corrected chi connectivity index (χ0v) is 7.39. The van der Waals surface area contributed by atoms with Crippen molar-refractivity contribution in [1.29, 1.82) is 0 Å². The maximum atomic E-state index is 4.99. The average Bonchev–Trinajstić information content (AvgIpc) is 2.05. The molecule has 0 atom stereocenters. The molecule has 0 aliphatic rings. The number of methoxy groups -OCH3 is 2. The molecule has 0 aliphatic heterocycles. The Morgan fingerprint density at radius 1 is 1.45 bits per heavy atom. The molecule has 11 heavy (non-hydrogen) atoms. The predicted octanol–water partition coefficient (Wildman–Crippen LogP) is 1.60. The van der Waals surface area contributed by atoms with Gasteiger partial charge in [0.25, 0.3) is 0 Å². The topological polar surface area (TPSA) is 30.8 Å². The molecule has 0 bridgehead atoms. The lowest BCUT2D eigenvalue weighted by molar-refractivity contribution is 0.199.